The molecule has 1 aliphatic heterocycles. The molecule has 3 amide bonds. The summed E-state index contributed by atoms with van der Waals surface area (Å²) in [4.78, 5) is 38.0. The summed E-state index contributed by atoms with van der Waals surface area (Å²) in [7, 11) is 0. The minimum absolute atomic E-state index is 0.141. The molecule has 1 N–H and O–H groups in total. The molecule has 1 saturated heterocycles. The molecule has 112 valence electrons. The number of amides is 3. The van der Waals surface area contributed by atoms with Gasteiger partial charge in [0, 0.05) is 6.54 Å². The summed E-state index contributed by atoms with van der Waals surface area (Å²) < 4.78 is 0. The largest absolute Gasteiger partial charge is 0.354 e. The van der Waals surface area contributed by atoms with Crippen LogP contribution in [0.2, 0.25) is 0 Å². The van der Waals surface area contributed by atoms with Crippen molar-refractivity contribution < 1.29 is 14.4 Å². The van der Waals surface area contributed by atoms with E-state index in [4.69, 9.17) is 0 Å². The number of unbranched alkanes of at least 4 members (excludes halogenated alkanes) is 1. The van der Waals surface area contributed by atoms with Crippen LogP contribution in [0.3, 0.4) is 0 Å². The van der Waals surface area contributed by atoms with Gasteiger partial charge in [0.2, 0.25) is 17.7 Å². The fourth-order valence-electron chi connectivity index (χ4n) is 3.22. The fraction of sp³-hybridized carbons (Fsp3) is 0.800. The number of hydrogen-bond donors (Lipinski definition) is 1. The summed E-state index contributed by atoms with van der Waals surface area (Å²) in [5.74, 6) is -0.862. The first-order chi connectivity index (χ1) is 9.57. The van der Waals surface area contributed by atoms with Crippen molar-refractivity contribution in [2.24, 2.45) is 11.8 Å². The van der Waals surface area contributed by atoms with Crippen molar-refractivity contribution in [2.75, 3.05) is 6.54 Å². The zero-order valence-electron chi connectivity index (χ0n) is 12.4. The monoisotopic (exact) mass is 280 g/mol. The van der Waals surface area contributed by atoms with Gasteiger partial charge in [-0.3, -0.25) is 19.3 Å². The molecule has 3 unspecified atom stereocenters. The van der Waals surface area contributed by atoms with E-state index in [-0.39, 0.29) is 29.6 Å². The zero-order valence-corrected chi connectivity index (χ0v) is 12.4. The van der Waals surface area contributed by atoms with Gasteiger partial charge in [-0.1, -0.05) is 26.2 Å². The predicted octanol–water partition coefficient (Wildman–Crippen LogP) is 1.47. The number of likely N-dealkylation sites (tertiary alicyclic amines) is 1. The molecule has 5 nitrogen and oxygen atoms in total. The highest BCUT2D eigenvalue weighted by Gasteiger charge is 2.50. The molecule has 0 spiro atoms. The average molecular weight is 280 g/mol. The number of nitrogens with zero attached hydrogens (tertiary/aromatic N) is 1. The maximum Gasteiger partial charge on any atom is 0.243 e. The highest BCUT2D eigenvalue weighted by atomic mass is 16.2. The van der Waals surface area contributed by atoms with Crippen molar-refractivity contribution in [2.45, 2.75) is 58.4 Å². The third-order valence-electron chi connectivity index (χ3n) is 4.47. The molecular weight excluding hydrogens is 256 g/mol. The van der Waals surface area contributed by atoms with E-state index in [0.717, 1.165) is 38.5 Å². The van der Waals surface area contributed by atoms with Gasteiger partial charge in [0.15, 0.2) is 0 Å². The van der Waals surface area contributed by atoms with E-state index in [9.17, 15) is 14.4 Å². The van der Waals surface area contributed by atoms with E-state index in [2.05, 4.69) is 5.32 Å². The molecule has 1 heterocycles. The second-order valence-corrected chi connectivity index (χ2v) is 5.86. The number of nitrogens with one attached hydrogen (secondary N) is 1. The van der Waals surface area contributed by atoms with Crippen LogP contribution in [0, 0.1) is 11.8 Å². The van der Waals surface area contributed by atoms with Gasteiger partial charge in [-0.15, -0.1) is 0 Å². The number of rotatable bonds is 5. The molecule has 0 aromatic carbocycles. The smallest absolute Gasteiger partial charge is 0.243 e. The summed E-state index contributed by atoms with van der Waals surface area (Å²) in [6, 6.07) is -0.683. The van der Waals surface area contributed by atoms with E-state index >= 15 is 0 Å². The SMILES string of the molecule is CCCCNC(=O)C(C)N1C(=O)C2CCCCC2C1=O. The van der Waals surface area contributed by atoms with E-state index in [1.165, 1.54) is 4.90 Å². The van der Waals surface area contributed by atoms with Gasteiger partial charge in [-0.2, -0.15) is 0 Å². The quantitative estimate of drug-likeness (QED) is 0.612. The molecule has 0 bridgehead atoms. The molecule has 2 aliphatic rings. The highest BCUT2D eigenvalue weighted by Crippen LogP contribution is 2.38. The third kappa shape index (κ3) is 2.72. The topological polar surface area (TPSA) is 66.5 Å². The van der Waals surface area contributed by atoms with E-state index < -0.39 is 6.04 Å². The summed E-state index contributed by atoms with van der Waals surface area (Å²) in [5.41, 5.74) is 0. The first-order valence-electron chi connectivity index (χ1n) is 7.72. The summed E-state index contributed by atoms with van der Waals surface area (Å²) in [5, 5.41) is 2.80. The average Bonchev–Trinajstić information content (AvgIpc) is 2.71. The van der Waals surface area contributed by atoms with Gasteiger partial charge in [-0.25, -0.2) is 0 Å². The molecule has 20 heavy (non-hydrogen) atoms. The molecule has 2 rings (SSSR count). The molecule has 3 atom stereocenters. The van der Waals surface area contributed by atoms with Crippen LogP contribution in [0.1, 0.15) is 52.4 Å². The predicted molar refractivity (Wildman–Crippen MR) is 74.7 cm³/mol. The first kappa shape index (κ1) is 15.0. The summed E-state index contributed by atoms with van der Waals surface area (Å²) in [6.07, 6.45) is 5.49. The highest BCUT2D eigenvalue weighted by molar-refractivity contribution is 6.08. The zero-order chi connectivity index (χ0) is 14.7. The Bertz CT molecular complexity index is 384. The summed E-state index contributed by atoms with van der Waals surface area (Å²) in [6.45, 7) is 4.30. The van der Waals surface area contributed by atoms with Crippen LogP contribution in [0.15, 0.2) is 0 Å². The molecule has 1 saturated carbocycles. The van der Waals surface area contributed by atoms with Crippen molar-refractivity contribution in [3.8, 4) is 0 Å². The van der Waals surface area contributed by atoms with Crippen LogP contribution in [0.4, 0.5) is 0 Å². The Labute approximate surface area is 120 Å². The van der Waals surface area contributed by atoms with Crippen LogP contribution in [-0.4, -0.2) is 35.2 Å². The lowest BCUT2D eigenvalue weighted by Crippen LogP contribution is -2.48. The Morgan fingerprint density at radius 3 is 2.30 bits per heavy atom. The molecule has 0 aromatic rings. The van der Waals surface area contributed by atoms with Crippen molar-refractivity contribution in [1.29, 1.82) is 0 Å². The Kier molecular flexibility index (Phi) is 4.78. The van der Waals surface area contributed by atoms with Crippen molar-refractivity contribution in [1.82, 2.24) is 10.2 Å². The number of fused-ring (bicyclic) bond motifs is 1. The maximum absolute atomic E-state index is 12.4. The van der Waals surface area contributed by atoms with Crippen LogP contribution >= 0.6 is 0 Å². The van der Waals surface area contributed by atoms with Crippen LogP contribution in [0.5, 0.6) is 0 Å². The lowest BCUT2D eigenvalue weighted by Gasteiger charge is -2.22. The normalized spacial score (nSPS) is 27.4. The van der Waals surface area contributed by atoms with Crippen molar-refractivity contribution in [3.63, 3.8) is 0 Å². The Balaban J connectivity index is 2.02. The number of carbonyl (C=O) groups excluding carboxylic acids is 3. The lowest BCUT2D eigenvalue weighted by atomic mass is 9.81. The molecule has 5 heteroatoms. The second-order valence-electron chi connectivity index (χ2n) is 5.86. The van der Waals surface area contributed by atoms with Crippen LogP contribution in [-0.2, 0) is 14.4 Å². The minimum Gasteiger partial charge on any atom is -0.354 e. The van der Waals surface area contributed by atoms with Gasteiger partial charge in [0.1, 0.15) is 6.04 Å². The lowest BCUT2D eigenvalue weighted by molar-refractivity contribution is -0.147. The van der Waals surface area contributed by atoms with Crippen molar-refractivity contribution in [3.05, 3.63) is 0 Å². The maximum atomic E-state index is 12.4. The number of carbonyl (C=O) groups is 3. The molecule has 0 radical (unpaired) electrons. The van der Waals surface area contributed by atoms with Gasteiger partial charge in [0.25, 0.3) is 0 Å². The Morgan fingerprint density at radius 1 is 1.25 bits per heavy atom. The third-order valence-corrected chi connectivity index (χ3v) is 4.47. The summed E-state index contributed by atoms with van der Waals surface area (Å²) >= 11 is 0. The number of hydrogen-bond acceptors (Lipinski definition) is 3. The van der Waals surface area contributed by atoms with E-state index in [0.29, 0.717) is 6.54 Å². The van der Waals surface area contributed by atoms with Gasteiger partial charge in [-0.05, 0) is 26.2 Å². The van der Waals surface area contributed by atoms with Crippen LogP contribution in [0.25, 0.3) is 0 Å². The molecule has 1 aliphatic carbocycles. The first-order valence-corrected chi connectivity index (χ1v) is 7.72. The molecular formula is C15H24N2O3. The van der Waals surface area contributed by atoms with Crippen molar-refractivity contribution >= 4 is 17.7 Å². The van der Waals surface area contributed by atoms with E-state index in [1.54, 1.807) is 6.92 Å². The van der Waals surface area contributed by atoms with Gasteiger partial charge >= 0.3 is 0 Å². The number of imide groups is 1. The fourth-order valence-corrected chi connectivity index (χ4v) is 3.22. The van der Waals surface area contributed by atoms with Gasteiger partial charge < -0.3 is 5.32 Å². The Morgan fingerprint density at radius 2 is 1.80 bits per heavy atom. The molecule has 0 aromatic heterocycles. The van der Waals surface area contributed by atoms with Crippen LogP contribution < -0.4 is 5.32 Å². The minimum atomic E-state index is -0.683. The Hall–Kier alpha value is -1.39. The second kappa shape index (κ2) is 6.37. The van der Waals surface area contributed by atoms with E-state index in [1.807, 2.05) is 6.92 Å². The van der Waals surface area contributed by atoms with Gasteiger partial charge in [0.05, 0.1) is 11.8 Å². The molecule has 2 fully saturated rings. The standard InChI is InChI=1S/C15H24N2O3/c1-3-4-9-16-13(18)10(2)17-14(19)11-7-5-6-8-12(11)15(17)20/h10-12H,3-9H2,1-2H3,(H,16,18).